The van der Waals surface area contributed by atoms with Crippen LogP contribution in [0.5, 0.6) is 5.75 Å². The van der Waals surface area contributed by atoms with E-state index in [1.54, 1.807) is 24.7 Å². The summed E-state index contributed by atoms with van der Waals surface area (Å²) in [7, 11) is 1.58. The van der Waals surface area contributed by atoms with Crippen molar-refractivity contribution in [2.75, 3.05) is 13.7 Å². The zero-order chi connectivity index (χ0) is 30.1. The van der Waals surface area contributed by atoms with E-state index in [1.807, 2.05) is 69.3 Å². The summed E-state index contributed by atoms with van der Waals surface area (Å²) in [6.45, 7) is 7.99. The van der Waals surface area contributed by atoms with Gasteiger partial charge < -0.3 is 14.0 Å². The summed E-state index contributed by atoms with van der Waals surface area (Å²) in [4.78, 5) is 33.0. The Kier molecular flexibility index (Phi) is 8.78. The molecule has 0 fully saturated rings. The second-order valence-corrected chi connectivity index (χ2v) is 11.7. The summed E-state index contributed by atoms with van der Waals surface area (Å²) in [5.74, 6) is 0.0851. The van der Waals surface area contributed by atoms with E-state index in [1.165, 1.54) is 11.3 Å². The number of carbonyl (C=O) groups is 1. The van der Waals surface area contributed by atoms with Crippen LogP contribution in [-0.4, -0.2) is 28.8 Å². The molecule has 0 unspecified atom stereocenters. The lowest BCUT2D eigenvalue weighted by molar-refractivity contribution is -0.139. The fourth-order valence-electron chi connectivity index (χ4n) is 5.40. The monoisotopic (exact) mass is 623 g/mol. The molecule has 2 aromatic carbocycles. The van der Waals surface area contributed by atoms with E-state index in [9.17, 15) is 9.59 Å². The maximum atomic E-state index is 14.2. The molecular weight excluding hydrogens is 593 g/mol. The Morgan fingerprint density at radius 2 is 1.86 bits per heavy atom. The molecule has 218 valence electrons. The second kappa shape index (κ2) is 12.3. The molecule has 3 heterocycles. The van der Waals surface area contributed by atoms with Crippen LogP contribution in [-0.2, 0) is 9.53 Å². The molecule has 0 saturated carbocycles. The Balaban J connectivity index is 1.74. The molecule has 0 aliphatic carbocycles. The van der Waals surface area contributed by atoms with Crippen molar-refractivity contribution in [2.24, 2.45) is 4.99 Å². The van der Waals surface area contributed by atoms with E-state index in [2.05, 4.69) is 4.57 Å². The average Bonchev–Trinajstić information content (AvgIpc) is 3.43. The van der Waals surface area contributed by atoms with Crippen molar-refractivity contribution >= 4 is 46.6 Å². The maximum Gasteiger partial charge on any atom is 0.338 e. The quantitative estimate of drug-likeness (QED) is 0.216. The number of ether oxygens (including phenoxy) is 2. The topological polar surface area (TPSA) is 74.8 Å². The van der Waals surface area contributed by atoms with Crippen molar-refractivity contribution < 1.29 is 14.3 Å². The Morgan fingerprint density at radius 3 is 2.55 bits per heavy atom. The highest BCUT2D eigenvalue weighted by atomic mass is 35.5. The SMILES string of the molecule is CCCC1=C(C(=O)OCC)[C@@H](c2ccccc2OC)n2c(sc(=Cc3cc(C)n(-c4ccc(Cl)c(Cl)c4)c3C)c2=O)=N1. The van der Waals surface area contributed by atoms with Gasteiger partial charge in [0.05, 0.1) is 39.6 Å². The fraction of sp³-hybridized carbons (Fsp3) is 0.281. The van der Waals surface area contributed by atoms with Crippen LogP contribution in [0, 0.1) is 13.8 Å². The maximum absolute atomic E-state index is 14.2. The predicted octanol–water partition coefficient (Wildman–Crippen LogP) is 6.30. The lowest BCUT2D eigenvalue weighted by atomic mass is 9.93. The fourth-order valence-corrected chi connectivity index (χ4v) is 6.71. The van der Waals surface area contributed by atoms with Gasteiger partial charge in [-0.25, -0.2) is 9.79 Å². The van der Waals surface area contributed by atoms with Crippen LogP contribution in [0.3, 0.4) is 0 Å². The van der Waals surface area contributed by atoms with Gasteiger partial charge in [-0.1, -0.05) is 66.1 Å². The number of hydrogen-bond donors (Lipinski definition) is 0. The molecule has 1 aliphatic heterocycles. The van der Waals surface area contributed by atoms with Crippen LogP contribution in [0.25, 0.3) is 11.8 Å². The second-order valence-electron chi connectivity index (χ2n) is 9.92. The number of aromatic nitrogens is 2. The molecule has 0 amide bonds. The highest BCUT2D eigenvalue weighted by molar-refractivity contribution is 7.07. The molecule has 0 bridgehead atoms. The third kappa shape index (κ3) is 5.35. The van der Waals surface area contributed by atoms with Gasteiger partial charge in [-0.15, -0.1) is 0 Å². The number of rotatable bonds is 8. The van der Waals surface area contributed by atoms with Crippen molar-refractivity contribution in [3.05, 3.63) is 112 Å². The minimum absolute atomic E-state index is 0.208. The highest BCUT2D eigenvalue weighted by Crippen LogP contribution is 2.37. The Labute approximate surface area is 258 Å². The molecule has 5 rings (SSSR count). The van der Waals surface area contributed by atoms with Crippen molar-refractivity contribution in [2.45, 2.75) is 46.6 Å². The number of esters is 1. The van der Waals surface area contributed by atoms with Crippen LogP contribution < -0.4 is 19.6 Å². The number of hydrogen-bond acceptors (Lipinski definition) is 6. The highest BCUT2D eigenvalue weighted by Gasteiger charge is 2.35. The number of methoxy groups -OCH3 is 1. The van der Waals surface area contributed by atoms with Gasteiger partial charge in [0.1, 0.15) is 11.8 Å². The number of allylic oxidation sites excluding steroid dienone is 1. The summed E-state index contributed by atoms with van der Waals surface area (Å²) in [6.07, 6.45) is 3.22. The van der Waals surface area contributed by atoms with Crippen molar-refractivity contribution in [1.82, 2.24) is 9.13 Å². The minimum Gasteiger partial charge on any atom is -0.496 e. The molecule has 2 aromatic heterocycles. The van der Waals surface area contributed by atoms with Gasteiger partial charge in [-0.3, -0.25) is 9.36 Å². The lowest BCUT2D eigenvalue weighted by Gasteiger charge is -2.26. The van der Waals surface area contributed by atoms with Crippen molar-refractivity contribution in [3.8, 4) is 11.4 Å². The van der Waals surface area contributed by atoms with Crippen LogP contribution in [0.2, 0.25) is 10.0 Å². The lowest BCUT2D eigenvalue weighted by Crippen LogP contribution is -2.40. The van der Waals surface area contributed by atoms with Crippen molar-refractivity contribution in [1.29, 1.82) is 0 Å². The molecule has 0 saturated heterocycles. The third-order valence-electron chi connectivity index (χ3n) is 7.24. The summed E-state index contributed by atoms with van der Waals surface area (Å²) < 4.78 is 15.3. The van der Waals surface area contributed by atoms with E-state index in [-0.39, 0.29) is 12.2 Å². The van der Waals surface area contributed by atoms with Crippen LogP contribution in [0.4, 0.5) is 0 Å². The smallest absolute Gasteiger partial charge is 0.338 e. The Hall–Kier alpha value is -3.59. The molecule has 0 radical (unpaired) electrons. The first-order valence-corrected chi connectivity index (χ1v) is 15.3. The van der Waals surface area contributed by atoms with Gasteiger partial charge >= 0.3 is 5.97 Å². The normalized spacial score (nSPS) is 15.0. The summed E-state index contributed by atoms with van der Waals surface area (Å²) in [5.41, 5.74) is 5.11. The van der Waals surface area contributed by atoms with Gasteiger partial charge in [0.2, 0.25) is 0 Å². The number of fused-ring (bicyclic) bond motifs is 1. The summed E-state index contributed by atoms with van der Waals surface area (Å²) >= 11 is 13.8. The van der Waals surface area contributed by atoms with E-state index in [4.69, 9.17) is 37.7 Å². The standard InChI is InChI=1S/C32H31Cl2N3O4S/c1-6-10-25-28(31(39)41-7-2)29(22-11-8-9-12-26(22)40-5)37-30(38)27(42-32(37)35-25)16-20-15-18(3)36(19(20)4)21-13-14-23(33)24(34)17-21/h8-9,11-17,29H,6-7,10H2,1-5H3/t29-/m1/s1. The minimum atomic E-state index is -0.746. The first-order valence-electron chi connectivity index (χ1n) is 13.7. The van der Waals surface area contributed by atoms with Gasteiger partial charge in [0.15, 0.2) is 4.80 Å². The van der Waals surface area contributed by atoms with Crippen molar-refractivity contribution in [3.63, 3.8) is 0 Å². The van der Waals surface area contributed by atoms with Gasteiger partial charge in [0, 0.05) is 22.6 Å². The number of thiazole rings is 1. The number of para-hydroxylation sites is 1. The molecule has 7 nitrogen and oxygen atoms in total. The first-order chi connectivity index (χ1) is 20.2. The van der Waals surface area contributed by atoms with Crippen LogP contribution in [0.1, 0.15) is 55.2 Å². The number of carbonyl (C=O) groups excluding carboxylic acids is 1. The van der Waals surface area contributed by atoms with E-state index in [0.29, 0.717) is 48.4 Å². The summed E-state index contributed by atoms with van der Waals surface area (Å²) in [5, 5.41) is 0.951. The number of nitrogens with zero attached hydrogens (tertiary/aromatic N) is 3. The zero-order valence-electron chi connectivity index (χ0n) is 24.0. The molecule has 0 N–H and O–H groups in total. The third-order valence-corrected chi connectivity index (χ3v) is 8.97. The molecule has 4 aromatic rings. The largest absolute Gasteiger partial charge is 0.496 e. The van der Waals surface area contributed by atoms with Gasteiger partial charge in [-0.05, 0) is 69.2 Å². The molecule has 42 heavy (non-hydrogen) atoms. The average molecular weight is 625 g/mol. The van der Waals surface area contributed by atoms with Crippen LogP contribution in [0.15, 0.2) is 69.6 Å². The van der Waals surface area contributed by atoms with Gasteiger partial charge in [-0.2, -0.15) is 0 Å². The Morgan fingerprint density at radius 1 is 1.10 bits per heavy atom. The van der Waals surface area contributed by atoms with Gasteiger partial charge in [0.25, 0.3) is 5.56 Å². The first kappa shape index (κ1) is 29.9. The summed E-state index contributed by atoms with van der Waals surface area (Å²) in [6, 6.07) is 14.2. The molecule has 0 spiro atoms. The molecule has 1 aliphatic rings. The molecule has 1 atom stereocenters. The molecular formula is C32H31Cl2N3O4S. The van der Waals surface area contributed by atoms with Crippen LogP contribution >= 0.6 is 34.5 Å². The number of aryl methyl sites for hydroxylation is 1. The van der Waals surface area contributed by atoms with E-state index < -0.39 is 12.0 Å². The Bertz CT molecular complexity index is 1900. The number of benzene rings is 2. The van der Waals surface area contributed by atoms with E-state index >= 15 is 0 Å². The van der Waals surface area contributed by atoms with E-state index in [0.717, 1.165) is 29.1 Å². The predicted molar refractivity (Wildman–Crippen MR) is 168 cm³/mol. The zero-order valence-corrected chi connectivity index (χ0v) is 26.4. The number of halogens is 2. The molecule has 10 heteroatoms.